The Balaban J connectivity index is 1.72. The van der Waals surface area contributed by atoms with E-state index in [1.807, 2.05) is 32.9 Å². The largest absolute Gasteiger partial charge is 0.485 e. The molecule has 0 fully saturated rings. The molecule has 0 atom stereocenters. The molecule has 0 radical (unpaired) electrons. The average Bonchev–Trinajstić information content (AvgIpc) is 3.18. The number of nitro groups is 1. The second-order valence-corrected chi connectivity index (χ2v) is 8.06. The minimum Gasteiger partial charge on any atom is -0.485 e. The molecular formula is C22H20Cl2N2O5. The van der Waals surface area contributed by atoms with Crippen LogP contribution in [0.25, 0.3) is 0 Å². The maximum Gasteiger partial charge on any atom is 0.294 e. The van der Waals surface area contributed by atoms with Crippen LogP contribution in [0.4, 0.5) is 11.4 Å². The highest BCUT2D eigenvalue weighted by molar-refractivity contribution is 6.31. The third kappa shape index (κ3) is 5.37. The van der Waals surface area contributed by atoms with Crippen molar-refractivity contribution in [2.75, 3.05) is 5.32 Å². The number of carbonyl (C=O) groups is 1. The summed E-state index contributed by atoms with van der Waals surface area (Å²) in [4.78, 5) is 23.0. The van der Waals surface area contributed by atoms with E-state index in [-0.39, 0.29) is 34.7 Å². The predicted molar refractivity (Wildman–Crippen MR) is 119 cm³/mol. The minimum absolute atomic E-state index is 0.000724. The fraction of sp³-hybridized carbons (Fsp3) is 0.227. The Bertz CT molecular complexity index is 1140. The van der Waals surface area contributed by atoms with Gasteiger partial charge in [0.25, 0.3) is 11.6 Å². The van der Waals surface area contributed by atoms with Gasteiger partial charge >= 0.3 is 0 Å². The summed E-state index contributed by atoms with van der Waals surface area (Å²) < 4.78 is 11.5. The van der Waals surface area contributed by atoms with Crippen LogP contribution in [0.1, 0.15) is 47.2 Å². The standard InChI is InChI=1S/C22H20Cl2N2O5/c1-12(2)16-10-17(24)13(3)8-21(16)30-11-15-5-7-20(31-15)22(27)25-18-6-4-14(23)9-19(18)26(28)29/h4-10,12H,11H2,1-3H3,(H,25,27). The normalized spacial score (nSPS) is 10.9. The number of nitrogens with one attached hydrogen (secondary N) is 1. The molecule has 1 heterocycles. The first kappa shape index (κ1) is 22.7. The topological polar surface area (TPSA) is 94.6 Å². The number of ether oxygens (including phenoxy) is 1. The van der Waals surface area contributed by atoms with Gasteiger partial charge in [0.2, 0.25) is 0 Å². The van der Waals surface area contributed by atoms with E-state index in [9.17, 15) is 14.9 Å². The zero-order valence-electron chi connectivity index (χ0n) is 17.1. The molecule has 0 unspecified atom stereocenters. The molecular weight excluding hydrogens is 443 g/mol. The van der Waals surface area contributed by atoms with E-state index in [1.165, 1.54) is 24.3 Å². The molecule has 1 N–H and O–H groups in total. The van der Waals surface area contributed by atoms with Gasteiger partial charge in [-0.1, -0.05) is 37.0 Å². The molecule has 3 rings (SSSR count). The summed E-state index contributed by atoms with van der Waals surface area (Å²) >= 11 is 12.0. The van der Waals surface area contributed by atoms with Crippen molar-refractivity contribution in [2.24, 2.45) is 0 Å². The van der Waals surface area contributed by atoms with E-state index >= 15 is 0 Å². The highest BCUT2D eigenvalue weighted by Crippen LogP contribution is 2.33. The van der Waals surface area contributed by atoms with Gasteiger partial charge in [-0.15, -0.1) is 0 Å². The van der Waals surface area contributed by atoms with Crippen LogP contribution in [0.3, 0.4) is 0 Å². The third-order valence-electron chi connectivity index (χ3n) is 4.57. The molecule has 3 aromatic rings. The number of hydrogen-bond acceptors (Lipinski definition) is 5. The summed E-state index contributed by atoms with van der Waals surface area (Å²) in [6, 6.07) is 10.8. The summed E-state index contributed by atoms with van der Waals surface area (Å²) in [6.45, 7) is 6.08. The van der Waals surface area contributed by atoms with Crippen molar-refractivity contribution in [1.29, 1.82) is 0 Å². The van der Waals surface area contributed by atoms with Crippen molar-refractivity contribution in [3.63, 3.8) is 0 Å². The number of amides is 1. The summed E-state index contributed by atoms with van der Waals surface area (Å²) in [5.41, 5.74) is 1.57. The van der Waals surface area contributed by atoms with Crippen molar-refractivity contribution in [2.45, 2.75) is 33.3 Å². The Hall–Kier alpha value is -3.03. The van der Waals surface area contributed by atoms with Gasteiger partial charge in [-0.25, -0.2) is 0 Å². The van der Waals surface area contributed by atoms with Crippen LogP contribution in [0.5, 0.6) is 5.75 Å². The molecule has 1 aromatic heterocycles. The van der Waals surface area contributed by atoms with Gasteiger partial charge in [0.05, 0.1) is 4.92 Å². The van der Waals surface area contributed by atoms with E-state index in [0.717, 1.165) is 11.1 Å². The van der Waals surface area contributed by atoms with Gasteiger partial charge in [-0.3, -0.25) is 14.9 Å². The number of hydrogen-bond donors (Lipinski definition) is 1. The number of furan rings is 1. The predicted octanol–water partition coefficient (Wildman–Crippen LogP) is 6.76. The maximum atomic E-state index is 12.5. The van der Waals surface area contributed by atoms with Crippen LogP contribution in [0.2, 0.25) is 10.0 Å². The Morgan fingerprint density at radius 2 is 1.94 bits per heavy atom. The lowest BCUT2D eigenvalue weighted by Crippen LogP contribution is -2.12. The third-order valence-corrected chi connectivity index (χ3v) is 5.22. The Kier molecular flexibility index (Phi) is 6.87. The molecule has 0 bridgehead atoms. The molecule has 0 aliphatic heterocycles. The number of aryl methyl sites for hydroxylation is 1. The fourth-order valence-electron chi connectivity index (χ4n) is 2.92. The van der Waals surface area contributed by atoms with Crippen molar-refractivity contribution in [3.05, 3.63) is 85.3 Å². The Labute approximate surface area is 189 Å². The van der Waals surface area contributed by atoms with Gasteiger partial charge in [0.1, 0.15) is 23.8 Å². The van der Waals surface area contributed by atoms with Gasteiger partial charge in [0.15, 0.2) is 5.76 Å². The second kappa shape index (κ2) is 9.41. The number of anilines is 1. The van der Waals surface area contributed by atoms with Gasteiger partial charge in [-0.05, 0) is 60.4 Å². The van der Waals surface area contributed by atoms with Crippen LogP contribution in [0.15, 0.2) is 46.9 Å². The number of benzene rings is 2. The number of rotatable bonds is 7. The lowest BCUT2D eigenvalue weighted by molar-refractivity contribution is -0.383. The van der Waals surface area contributed by atoms with E-state index in [1.54, 1.807) is 6.07 Å². The number of carbonyl (C=O) groups excluding carboxylic acids is 1. The molecule has 9 heteroatoms. The zero-order chi connectivity index (χ0) is 22.7. The van der Waals surface area contributed by atoms with Crippen LogP contribution in [0, 0.1) is 17.0 Å². The van der Waals surface area contributed by atoms with E-state index < -0.39 is 10.8 Å². The molecule has 0 saturated heterocycles. The molecule has 162 valence electrons. The number of nitrogens with zero attached hydrogens (tertiary/aromatic N) is 1. The van der Waals surface area contributed by atoms with Crippen molar-refractivity contribution in [1.82, 2.24) is 0 Å². The Morgan fingerprint density at radius 3 is 2.61 bits per heavy atom. The number of nitro benzene ring substituents is 1. The van der Waals surface area contributed by atoms with Gasteiger partial charge < -0.3 is 14.5 Å². The van der Waals surface area contributed by atoms with E-state index in [0.29, 0.717) is 16.5 Å². The van der Waals surface area contributed by atoms with Crippen LogP contribution in [-0.4, -0.2) is 10.8 Å². The molecule has 0 aliphatic carbocycles. The lowest BCUT2D eigenvalue weighted by Gasteiger charge is -2.15. The Morgan fingerprint density at radius 1 is 1.19 bits per heavy atom. The lowest BCUT2D eigenvalue weighted by atomic mass is 10.0. The molecule has 7 nitrogen and oxygen atoms in total. The maximum absolute atomic E-state index is 12.5. The van der Waals surface area contributed by atoms with Crippen LogP contribution < -0.4 is 10.1 Å². The van der Waals surface area contributed by atoms with Crippen LogP contribution in [-0.2, 0) is 6.61 Å². The molecule has 0 aliphatic rings. The first-order valence-corrected chi connectivity index (χ1v) is 10.2. The summed E-state index contributed by atoms with van der Waals surface area (Å²) in [5.74, 6) is 0.705. The highest BCUT2D eigenvalue weighted by atomic mass is 35.5. The molecule has 2 aromatic carbocycles. The second-order valence-electron chi connectivity index (χ2n) is 7.22. The SMILES string of the molecule is Cc1cc(OCc2ccc(C(=O)Nc3ccc(Cl)cc3[N+](=O)[O-])o2)c(C(C)C)cc1Cl. The summed E-state index contributed by atoms with van der Waals surface area (Å²) in [5, 5.41) is 14.5. The van der Waals surface area contributed by atoms with Gasteiger partial charge in [-0.2, -0.15) is 0 Å². The minimum atomic E-state index is -0.623. The van der Waals surface area contributed by atoms with E-state index in [4.69, 9.17) is 32.4 Å². The van der Waals surface area contributed by atoms with Crippen molar-refractivity contribution >= 4 is 40.5 Å². The highest BCUT2D eigenvalue weighted by Gasteiger charge is 2.19. The average molecular weight is 463 g/mol. The smallest absolute Gasteiger partial charge is 0.294 e. The molecule has 1 amide bonds. The van der Waals surface area contributed by atoms with Crippen molar-refractivity contribution in [3.8, 4) is 5.75 Å². The number of halogens is 2. The van der Waals surface area contributed by atoms with E-state index in [2.05, 4.69) is 5.32 Å². The quantitative estimate of drug-likeness (QED) is 0.309. The first-order chi connectivity index (χ1) is 14.7. The molecule has 31 heavy (non-hydrogen) atoms. The summed E-state index contributed by atoms with van der Waals surface area (Å²) in [6.07, 6.45) is 0. The monoisotopic (exact) mass is 462 g/mol. The van der Waals surface area contributed by atoms with Gasteiger partial charge in [0, 0.05) is 16.1 Å². The van der Waals surface area contributed by atoms with Crippen LogP contribution >= 0.6 is 23.2 Å². The molecule has 0 spiro atoms. The first-order valence-electron chi connectivity index (χ1n) is 9.42. The fourth-order valence-corrected chi connectivity index (χ4v) is 3.26. The molecule has 0 saturated carbocycles. The van der Waals surface area contributed by atoms with Crippen molar-refractivity contribution < 1.29 is 18.9 Å². The zero-order valence-corrected chi connectivity index (χ0v) is 18.6. The summed E-state index contributed by atoms with van der Waals surface area (Å²) in [7, 11) is 0.